The first-order valence-electron chi connectivity index (χ1n) is 6.62. The SMILES string of the molecule is CCC(Br)c1cn(Cc2c(C)cc(C)cc2C)nn1. The van der Waals surface area contributed by atoms with E-state index >= 15 is 0 Å². The Hall–Kier alpha value is -1.16. The molecule has 2 rings (SSSR count). The van der Waals surface area contributed by atoms with Gasteiger partial charge in [0.15, 0.2) is 0 Å². The summed E-state index contributed by atoms with van der Waals surface area (Å²) in [5.74, 6) is 0. The third kappa shape index (κ3) is 3.24. The topological polar surface area (TPSA) is 30.7 Å². The van der Waals surface area contributed by atoms with E-state index in [1.54, 1.807) is 0 Å². The maximum absolute atomic E-state index is 4.23. The maximum Gasteiger partial charge on any atom is 0.0963 e. The van der Waals surface area contributed by atoms with Gasteiger partial charge in [0.2, 0.25) is 0 Å². The normalized spacial score (nSPS) is 12.7. The molecule has 102 valence electrons. The molecule has 1 heterocycles. The molecule has 0 radical (unpaired) electrons. The summed E-state index contributed by atoms with van der Waals surface area (Å²) in [6.45, 7) is 9.37. The van der Waals surface area contributed by atoms with Crippen LogP contribution in [-0.2, 0) is 6.54 Å². The monoisotopic (exact) mass is 321 g/mol. The molecule has 1 aromatic carbocycles. The van der Waals surface area contributed by atoms with Gasteiger partial charge in [-0.3, -0.25) is 0 Å². The lowest BCUT2D eigenvalue weighted by molar-refractivity contribution is 0.644. The Morgan fingerprint density at radius 3 is 2.42 bits per heavy atom. The van der Waals surface area contributed by atoms with Gasteiger partial charge in [0, 0.05) is 6.20 Å². The Morgan fingerprint density at radius 1 is 1.21 bits per heavy atom. The fourth-order valence-corrected chi connectivity index (χ4v) is 2.57. The van der Waals surface area contributed by atoms with Crippen LogP contribution in [0.5, 0.6) is 0 Å². The fourth-order valence-electron chi connectivity index (χ4n) is 2.36. The first kappa shape index (κ1) is 14.3. The van der Waals surface area contributed by atoms with E-state index in [0.717, 1.165) is 18.7 Å². The average molecular weight is 322 g/mol. The number of nitrogens with zero attached hydrogens (tertiary/aromatic N) is 3. The van der Waals surface area contributed by atoms with Crippen LogP contribution in [0.4, 0.5) is 0 Å². The number of aromatic nitrogens is 3. The molecule has 0 fully saturated rings. The zero-order valence-corrected chi connectivity index (χ0v) is 13.5. The van der Waals surface area contributed by atoms with E-state index in [1.165, 1.54) is 22.3 Å². The lowest BCUT2D eigenvalue weighted by Gasteiger charge is -2.11. The van der Waals surface area contributed by atoms with Crippen molar-refractivity contribution in [2.45, 2.75) is 45.5 Å². The molecular weight excluding hydrogens is 302 g/mol. The number of aryl methyl sites for hydroxylation is 3. The largest absolute Gasteiger partial charge is 0.248 e. The molecule has 0 saturated heterocycles. The standard InChI is InChI=1S/C15H20BrN3/c1-5-14(16)15-9-19(18-17-15)8-13-11(3)6-10(2)7-12(13)4/h6-7,9,14H,5,8H2,1-4H3. The highest BCUT2D eigenvalue weighted by Gasteiger charge is 2.11. The van der Waals surface area contributed by atoms with Crippen molar-refractivity contribution in [1.82, 2.24) is 15.0 Å². The highest BCUT2D eigenvalue weighted by atomic mass is 79.9. The van der Waals surface area contributed by atoms with Crippen LogP contribution in [0.15, 0.2) is 18.3 Å². The zero-order valence-electron chi connectivity index (χ0n) is 11.9. The van der Waals surface area contributed by atoms with Crippen LogP contribution in [-0.4, -0.2) is 15.0 Å². The molecule has 0 amide bonds. The second-order valence-electron chi connectivity index (χ2n) is 5.09. The molecule has 0 bridgehead atoms. The van der Waals surface area contributed by atoms with Gasteiger partial charge in [0.25, 0.3) is 0 Å². The number of halogens is 1. The minimum Gasteiger partial charge on any atom is -0.248 e. The van der Waals surface area contributed by atoms with E-state index in [9.17, 15) is 0 Å². The van der Waals surface area contributed by atoms with Crippen LogP contribution in [0.2, 0.25) is 0 Å². The predicted molar refractivity (Wildman–Crippen MR) is 81.7 cm³/mol. The number of hydrogen-bond donors (Lipinski definition) is 0. The lowest BCUT2D eigenvalue weighted by Crippen LogP contribution is -2.05. The quantitative estimate of drug-likeness (QED) is 0.794. The van der Waals surface area contributed by atoms with Gasteiger partial charge < -0.3 is 0 Å². The van der Waals surface area contributed by atoms with E-state index in [4.69, 9.17) is 0 Å². The summed E-state index contributed by atoms with van der Waals surface area (Å²) in [5.41, 5.74) is 6.29. The van der Waals surface area contributed by atoms with Gasteiger partial charge in [-0.25, -0.2) is 4.68 Å². The summed E-state index contributed by atoms with van der Waals surface area (Å²) >= 11 is 3.61. The summed E-state index contributed by atoms with van der Waals surface area (Å²) in [5, 5.41) is 8.45. The third-order valence-corrected chi connectivity index (χ3v) is 4.51. The predicted octanol–water partition coefficient (Wildman–Crippen LogP) is 4.10. The van der Waals surface area contributed by atoms with Gasteiger partial charge >= 0.3 is 0 Å². The van der Waals surface area contributed by atoms with Gasteiger partial charge in [-0.1, -0.05) is 45.8 Å². The van der Waals surface area contributed by atoms with E-state index in [1.807, 2.05) is 10.9 Å². The summed E-state index contributed by atoms with van der Waals surface area (Å²) in [4.78, 5) is 0.293. The molecule has 2 aromatic rings. The van der Waals surface area contributed by atoms with Crippen molar-refractivity contribution in [2.24, 2.45) is 0 Å². The average Bonchev–Trinajstić information content (AvgIpc) is 2.81. The lowest BCUT2D eigenvalue weighted by atomic mass is 10.00. The number of alkyl halides is 1. The second-order valence-corrected chi connectivity index (χ2v) is 6.20. The molecular formula is C15H20BrN3. The minimum atomic E-state index is 0.293. The van der Waals surface area contributed by atoms with E-state index in [-0.39, 0.29) is 0 Å². The van der Waals surface area contributed by atoms with E-state index < -0.39 is 0 Å². The highest BCUT2D eigenvalue weighted by Crippen LogP contribution is 2.24. The molecule has 0 aliphatic rings. The smallest absolute Gasteiger partial charge is 0.0963 e. The van der Waals surface area contributed by atoms with Crippen LogP contribution in [0, 0.1) is 20.8 Å². The molecule has 1 aromatic heterocycles. The van der Waals surface area contributed by atoms with Crippen molar-refractivity contribution in [2.75, 3.05) is 0 Å². The molecule has 4 heteroatoms. The number of hydrogen-bond acceptors (Lipinski definition) is 2. The van der Waals surface area contributed by atoms with Crippen molar-refractivity contribution in [3.8, 4) is 0 Å². The van der Waals surface area contributed by atoms with Crippen molar-refractivity contribution < 1.29 is 0 Å². The van der Waals surface area contributed by atoms with E-state index in [0.29, 0.717) is 4.83 Å². The molecule has 0 saturated carbocycles. The first-order valence-corrected chi connectivity index (χ1v) is 7.53. The van der Waals surface area contributed by atoms with Crippen LogP contribution in [0.25, 0.3) is 0 Å². The zero-order chi connectivity index (χ0) is 14.0. The molecule has 3 nitrogen and oxygen atoms in total. The molecule has 0 aliphatic heterocycles. The van der Waals surface area contributed by atoms with Gasteiger partial charge in [0.1, 0.15) is 0 Å². The minimum absolute atomic E-state index is 0.293. The molecule has 0 spiro atoms. The van der Waals surface area contributed by atoms with Crippen molar-refractivity contribution in [3.05, 3.63) is 46.3 Å². The van der Waals surface area contributed by atoms with E-state index in [2.05, 4.69) is 66.1 Å². The molecule has 1 atom stereocenters. The summed E-state index contributed by atoms with van der Waals surface area (Å²) in [7, 11) is 0. The van der Waals surface area contributed by atoms with Gasteiger partial charge in [0.05, 0.1) is 17.1 Å². The summed E-state index contributed by atoms with van der Waals surface area (Å²) in [6.07, 6.45) is 3.04. The third-order valence-electron chi connectivity index (χ3n) is 3.40. The molecule has 0 aliphatic carbocycles. The van der Waals surface area contributed by atoms with Gasteiger partial charge in [-0.2, -0.15) is 0 Å². The molecule has 1 unspecified atom stereocenters. The summed E-state index contributed by atoms with van der Waals surface area (Å²) in [6, 6.07) is 4.44. The van der Waals surface area contributed by atoms with Crippen molar-refractivity contribution >= 4 is 15.9 Å². The Morgan fingerprint density at radius 2 is 1.84 bits per heavy atom. The van der Waals surface area contributed by atoms with Gasteiger partial charge in [-0.15, -0.1) is 5.10 Å². The van der Waals surface area contributed by atoms with Crippen LogP contribution < -0.4 is 0 Å². The Labute approximate surface area is 123 Å². The van der Waals surface area contributed by atoms with Crippen LogP contribution in [0.3, 0.4) is 0 Å². The van der Waals surface area contributed by atoms with Crippen LogP contribution in [0.1, 0.15) is 46.1 Å². The molecule has 19 heavy (non-hydrogen) atoms. The Bertz CT molecular complexity index is 552. The second kappa shape index (κ2) is 5.87. The van der Waals surface area contributed by atoms with Crippen LogP contribution >= 0.6 is 15.9 Å². The van der Waals surface area contributed by atoms with Crippen molar-refractivity contribution in [1.29, 1.82) is 0 Å². The number of benzene rings is 1. The Balaban J connectivity index is 2.24. The van der Waals surface area contributed by atoms with Gasteiger partial charge in [-0.05, 0) is 43.9 Å². The highest BCUT2D eigenvalue weighted by molar-refractivity contribution is 9.09. The number of rotatable bonds is 4. The van der Waals surface area contributed by atoms with Crippen molar-refractivity contribution in [3.63, 3.8) is 0 Å². The Kier molecular flexibility index (Phi) is 4.40. The molecule has 0 N–H and O–H groups in total. The first-order chi connectivity index (χ1) is 9.01. The fraction of sp³-hybridized carbons (Fsp3) is 0.467. The maximum atomic E-state index is 4.23. The summed E-state index contributed by atoms with van der Waals surface area (Å²) < 4.78 is 1.92.